The summed E-state index contributed by atoms with van der Waals surface area (Å²) in [6, 6.07) is 17.7. The van der Waals surface area contributed by atoms with Crippen LogP contribution >= 0.6 is 23.4 Å². The molecule has 0 aliphatic carbocycles. The highest BCUT2D eigenvalue weighted by Gasteiger charge is 2.19. The van der Waals surface area contributed by atoms with Gasteiger partial charge in [-0.15, -0.1) is 10.2 Å². The molecule has 1 heterocycles. The van der Waals surface area contributed by atoms with Gasteiger partial charge in [-0.05, 0) is 35.2 Å². The number of hydrogen-bond donors (Lipinski definition) is 1. The van der Waals surface area contributed by atoms with E-state index in [0.29, 0.717) is 22.5 Å². The number of rotatable bonds is 7. The summed E-state index contributed by atoms with van der Waals surface area (Å²) in [5.74, 6) is 0.720. The van der Waals surface area contributed by atoms with Crippen molar-refractivity contribution in [2.45, 2.75) is 37.8 Å². The summed E-state index contributed by atoms with van der Waals surface area (Å²) in [7, 11) is 0. The number of thioether (sulfide) groups is 1. The Morgan fingerprint density at radius 2 is 1.81 bits per heavy atom. The largest absolute Gasteiger partial charge is 0.354 e. The number of aromatic nitrogens is 3. The van der Waals surface area contributed by atoms with Crippen molar-refractivity contribution in [2.24, 2.45) is 0 Å². The van der Waals surface area contributed by atoms with Crippen LogP contribution in [0.5, 0.6) is 0 Å². The molecule has 0 aliphatic rings. The van der Waals surface area contributed by atoms with Crippen molar-refractivity contribution < 1.29 is 4.79 Å². The normalized spacial score (nSPS) is 11.2. The van der Waals surface area contributed by atoms with Gasteiger partial charge < -0.3 is 5.32 Å². The molecule has 31 heavy (non-hydrogen) atoms. The topological polar surface area (TPSA) is 83.6 Å². The summed E-state index contributed by atoms with van der Waals surface area (Å²) in [5.41, 5.74) is 3.08. The highest BCUT2D eigenvalue weighted by atomic mass is 35.5. The zero-order valence-electron chi connectivity index (χ0n) is 17.7. The van der Waals surface area contributed by atoms with Crippen LogP contribution in [0, 0.1) is 11.3 Å². The summed E-state index contributed by atoms with van der Waals surface area (Å²) in [5, 5.41) is 21.3. The minimum atomic E-state index is -0.151. The Morgan fingerprint density at radius 3 is 2.42 bits per heavy atom. The minimum absolute atomic E-state index is 0.0578. The Bertz CT molecular complexity index is 1080. The molecular weight excluding hydrogens is 430 g/mol. The zero-order valence-corrected chi connectivity index (χ0v) is 19.3. The van der Waals surface area contributed by atoms with Crippen LogP contribution in [0.25, 0.3) is 17.1 Å². The van der Waals surface area contributed by atoms with Gasteiger partial charge in [-0.2, -0.15) is 5.26 Å². The second kappa shape index (κ2) is 9.99. The van der Waals surface area contributed by atoms with Gasteiger partial charge in [-0.3, -0.25) is 9.36 Å². The molecule has 0 radical (unpaired) electrons. The Labute approximate surface area is 191 Å². The lowest BCUT2D eigenvalue weighted by Crippen LogP contribution is -2.26. The molecule has 0 atom stereocenters. The first kappa shape index (κ1) is 22.9. The summed E-state index contributed by atoms with van der Waals surface area (Å²) in [6.45, 7) is 6.86. The smallest absolute Gasteiger partial charge is 0.230 e. The van der Waals surface area contributed by atoms with Gasteiger partial charge >= 0.3 is 0 Å². The Morgan fingerprint density at radius 1 is 1.13 bits per heavy atom. The lowest BCUT2D eigenvalue weighted by atomic mass is 9.87. The summed E-state index contributed by atoms with van der Waals surface area (Å²) in [4.78, 5) is 12.1. The number of benzene rings is 2. The molecule has 2 aromatic carbocycles. The van der Waals surface area contributed by atoms with Gasteiger partial charge in [0.2, 0.25) is 5.91 Å². The van der Waals surface area contributed by atoms with Crippen molar-refractivity contribution in [3.05, 3.63) is 59.1 Å². The molecule has 0 unspecified atom stereocenters. The highest BCUT2D eigenvalue weighted by Crippen LogP contribution is 2.30. The van der Waals surface area contributed by atoms with Gasteiger partial charge in [0.25, 0.3) is 0 Å². The van der Waals surface area contributed by atoms with Crippen LogP contribution in [-0.2, 0) is 10.2 Å². The van der Waals surface area contributed by atoms with E-state index in [4.69, 9.17) is 16.9 Å². The van der Waals surface area contributed by atoms with E-state index in [9.17, 15) is 4.79 Å². The second-order valence-corrected chi connectivity index (χ2v) is 9.37. The fourth-order valence-electron chi connectivity index (χ4n) is 2.93. The first-order valence-corrected chi connectivity index (χ1v) is 11.2. The first-order valence-electron chi connectivity index (χ1n) is 9.88. The number of carbonyl (C=O) groups is 1. The van der Waals surface area contributed by atoms with Crippen molar-refractivity contribution in [3.63, 3.8) is 0 Å². The maximum atomic E-state index is 12.1. The average molecular weight is 454 g/mol. The van der Waals surface area contributed by atoms with E-state index in [1.54, 1.807) is 0 Å². The third kappa shape index (κ3) is 5.87. The molecule has 0 saturated carbocycles. The molecule has 0 bridgehead atoms. The van der Waals surface area contributed by atoms with Crippen LogP contribution in [0.3, 0.4) is 0 Å². The third-order valence-electron chi connectivity index (χ3n) is 4.62. The summed E-state index contributed by atoms with van der Waals surface area (Å²) >= 11 is 7.37. The van der Waals surface area contributed by atoms with E-state index >= 15 is 0 Å². The van der Waals surface area contributed by atoms with Gasteiger partial charge in [-0.1, -0.05) is 68.4 Å². The SMILES string of the molecule is CC(C)(C)c1ccc(-c2nnc(SCC(=O)NCCC#N)n2-c2ccc(Cl)cc2)cc1. The van der Waals surface area contributed by atoms with Crippen LogP contribution in [0.2, 0.25) is 5.02 Å². The van der Waals surface area contributed by atoms with Gasteiger partial charge in [0.05, 0.1) is 18.2 Å². The number of nitrogens with zero attached hydrogens (tertiary/aromatic N) is 4. The van der Waals surface area contributed by atoms with Gasteiger partial charge in [0, 0.05) is 22.8 Å². The predicted molar refractivity (Wildman–Crippen MR) is 124 cm³/mol. The Kier molecular flexibility index (Phi) is 7.37. The molecule has 160 valence electrons. The van der Waals surface area contributed by atoms with Crippen molar-refractivity contribution in [2.75, 3.05) is 12.3 Å². The van der Waals surface area contributed by atoms with Crippen LogP contribution < -0.4 is 5.32 Å². The predicted octanol–water partition coefficient (Wildman–Crippen LogP) is 5.01. The average Bonchev–Trinajstić information content (AvgIpc) is 3.16. The monoisotopic (exact) mass is 453 g/mol. The molecule has 0 fully saturated rings. The number of hydrogen-bond acceptors (Lipinski definition) is 5. The maximum Gasteiger partial charge on any atom is 0.230 e. The van der Waals surface area contributed by atoms with E-state index in [1.165, 1.54) is 17.3 Å². The van der Waals surface area contributed by atoms with Gasteiger partial charge in [-0.25, -0.2) is 0 Å². The molecule has 1 amide bonds. The van der Waals surface area contributed by atoms with Crippen LogP contribution in [0.15, 0.2) is 53.7 Å². The van der Waals surface area contributed by atoms with Crippen LogP contribution in [0.1, 0.15) is 32.8 Å². The minimum Gasteiger partial charge on any atom is -0.354 e. The molecule has 3 aromatic rings. The molecule has 0 saturated heterocycles. The lowest BCUT2D eigenvalue weighted by Gasteiger charge is -2.19. The number of carbonyl (C=O) groups excluding carboxylic acids is 1. The highest BCUT2D eigenvalue weighted by molar-refractivity contribution is 7.99. The molecule has 6 nitrogen and oxygen atoms in total. The molecule has 0 aliphatic heterocycles. The second-order valence-electron chi connectivity index (χ2n) is 7.99. The zero-order chi connectivity index (χ0) is 22.4. The fourth-order valence-corrected chi connectivity index (χ4v) is 3.84. The number of nitriles is 1. The van der Waals surface area contributed by atoms with Gasteiger partial charge in [0.15, 0.2) is 11.0 Å². The molecule has 8 heteroatoms. The van der Waals surface area contributed by atoms with E-state index in [0.717, 1.165) is 11.3 Å². The standard InChI is InChI=1S/C23H24ClN5OS/c1-23(2,3)17-7-5-16(6-8-17)21-27-28-22(31-15-20(30)26-14-4-13-25)29(21)19-11-9-18(24)10-12-19/h5-12H,4,14-15H2,1-3H3,(H,26,30). The first-order chi connectivity index (χ1) is 14.8. The van der Waals surface area contributed by atoms with E-state index in [-0.39, 0.29) is 23.5 Å². The lowest BCUT2D eigenvalue weighted by molar-refractivity contribution is -0.118. The van der Waals surface area contributed by atoms with Crippen LogP contribution in [0.4, 0.5) is 0 Å². The van der Waals surface area contributed by atoms with E-state index < -0.39 is 0 Å². The third-order valence-corrected chi connectivity index (χ3v) is 5.80. The van der Waals surface area contributed by atoms with Crippen molar-refractivity contribution in [1.29, 1.82) is 5.26 Å². The molecule has 0 spiro atoms. The molecule has 3 rings (SSSR count). The number of halogens is 1. The van der Waals surface area contributed by atoms with Crippen LogP contribution in [-0.4, -0.2) is 33.0 Å². The summed E-state index contributed by atoms with van der Waals surface area (Å²) in [6.07, 6.45) is 0.284. The molecular formula is C23H24ClN5OS. The molecule has 1 N–H and O–H groups in total. The maximum absolute atomic E-state index is 12.1. The van der Waals surface area contributed by atoms with Crippen molar-refractivity contribution in [1.82, 2.24) is 20.1 Å². The number of amides is 1. The van der Waals surface area contributed by atoms with E-state index in [2.05, 4.69) is 48.4 Å². The van der Waals surface area contributed by atoms with E-state index in [1.807, 2.05) is 47.0 Å². The quantitative estimate of drug-likeness (QED) is 0.401. The number of nitrogens with one attached hydrogen (secondary N) is 1. The van der Waals surface area contributed by atoms with Crippen molar-refractivity contribution in [3.8, 4) is 23.1 Å². The van der Waals surface area contributed by atoms with Gasteiger partial charge in [0.1, 0.15) is 0 Å². The Balaban J connectivity index is 1.92. The molecule has 1 aromatic heterocycles. The fraction of sp³-hybridized carbons (Fsp3) is 0.304. The Hall–Kier alpha value is -2.82. The summed E-state index contributed by atoms with van der Waals surface area (Å²) < 4.78 is 1.93. The van der Waals surface area contributed by atoms with Crippen molar-refractivity contribution >= 4 is 29.3 Å².